The average Bonchev–Trinajstić information content (AvgIpc) is 3.21. The van der Waals surface area contributed by atoms with E-state index in [1.807, 2.05) is 18.2 Å². The highest BCUT2D eigenvalue weighted by molar-refractivity contribution is 5.44. The number of nitrogens with one attached hydrogen (secondary N) is 2. The molecular weight excluding hydrogens is 392 g/mol. The zero-order valence-electron chi connectivity index (χ0n) is 18.9. The summed E-state index contributed by atoms with van der Waals surface area (Å²) in [5, 5.41) is 10.5. The molecule has 6 nitrogen and oxygen atoms in total. The van der Waals surface area contributed by atoms with E-state index in [9.17, 15) is 5.11 Å². The van der Waals surface area contributed by atoms with Crippen LogP contribution in [0.15, 0.2) is 42.5 Å². The Labute approximate surface area is 185 Å². The highest BCUT2D eigenvalue weighted by Gasteiger charge is 2.26. The van der Waals surface area contributed by atoms with Crippen LogP contribution in [-0.4, -0.2) is 57.3 Å². The van der Waals surface area contributed by atoms with Gasteiger partial charge < -0.3 is 29.1 Å². The van der Waals surface area contributed by atoms with Crippen LogP contribution in [0, 0.1) is 0 Å². The second-order valence-electron chi connectivity index (χ2n) is 9.81. The second kappa shape index (κ2) is 9.47. The Morgan fingerprint density at radius 2 is 1.61 bits per heavy atom. The first-order chi connectivity index (χ1) is 14.9. The molecule has 2 heterocycles. The first kappa shape index (κ1) is 21.9. The van der Waals surface area contributed by atoms with Gasteiger partial charge in [-0.3, -0.25) is 0 Å². The van der Waals surface area contributed by atoms with E-state index in [0.717, 1.165) is 56.5 Å². The molecule has 31 heavy (non-hydrogen) atoms. The molecule has 0 bridgehead atoms. The van der Waals surface area contributed by atoms with Crippen molar-refractivity contribution < 1.29 is 29.1 Å². The minimum Gasteiger partial charge on any atom is -0.491 e. The predicted octanol–water partition coefficient (Wildman–Crippen LogP) is 0.436. The molecule has 0 amide bonds. The summed E-state index contributed by atoms with van der Waals surface area (Å²) in [7, 11) is 0. The van der Waals surface area contributed by atoms with Crippen molar-refractivity contribution in [3.8, 4) is 17.2 Å². The Morgan fingerprint density at radius 3 is 2.32 bits per heavy atom. The Bertz CT molecular complexity index is 855. The highest BCUT2D eigenvalue weighted by atomic mass is 16.7. The summed E-state index contributed by atoms with van der Waals surface area (Å²) in [6.07, 6.45) is -0.451. The van der Waals surface area contributed by atoms with Crippen molar-refractivity contribution in [3.63, 3.8) is 0 Å². The normalized spacial score (nSPS) is 21.7. The van der Waals surface area contributed by atoms with Crippen molar-refractivity contribution >= 4 is 0 Å². The van der Waals surface area contributed by atoms with E-state index in [2.05, 4.69) is 45.0 Å². The predicted molar refractivity (Wildman–Crippen MR) is 119 cm³/mol. The number of aliphatic hydroxyl groups is 1. The summed E-state index contributed by atoms with van der Waals surface area (Å²) in [4.78, 5) is 3.03. The minimum atomic E-state index is -0.451. The van der Waals surface area contributed by atoms with Gasteiger partial charge in [-0.2, -0.15) is 0 Å². The lowest BCUT2D eigenvalue weighted by atomic mass is 9.87. The standard InChI is InChI=1S/C25H34N2O4/c1-25(2,3)20-5-7-22(8-6-20)29-17-21(28)16-27-12-10-26(11-13-27)15-19-4-9-23-24(14-19)31-18-30-23/h4-9,14,21,28H,10-13,15-18H2,1-3H3/p+2/t21-/m0/s1. The lowest BCUT2D eigenvalue weighted by Crippen LogP contribution is -3.28. The smallest absolute Gasteiger partial charge is 0.231 e. The summed E-state index contributed by atoms with van der Waals surface area (Å²) in [6.45, 7) is 13.3. The van der Waals surface area contributed by atoms with Crippen molar-refractivity contribution in [2.75, 3.05) is 46.1 Å². The van der Waals surface area contributed by atoms with Crippen molar-refractivity contribution in [2.24, 2.45) is 0 Å². The maximum Gasteiger partial charge on any atom is 0.231 e. The fourth-order valence-corrected chi connectivity index (χ4v) is 4.31. The van der Waals surface area contributed by atoms with Gasteiger partial charge in [-0.1, -0.05) is 32.9 Å². The molecule has 6 heteroatoms. The van der Waals surface area contributed by atoms with Crippen LogP contribution in [-0.2, 0) is 12.0 Å². The first-order valence-electron chi connectivity index (χ1n) is 11.3. The Kier molecular flexibility index (Phi) is 6.70. The van der Waals surface area contributed by atoms with Crippen LogP contribution in [0.5, 0.6) is 17.2 Å². The van der Waals surface area contributed by atoms with E-state index in [1.165, 1.54) is 16.0 Å². The van der Waals surface area contributed by atoms with Gasteiger partial charge in [0.15, 0.2) is 11.5 Å². The van der Waals surface area contributed by atoms with Gasteiger partial charge in [0, 0.05) is 5.56 Å². The molecule has 0 aliphatic carbocycles. The third kappa shape index (κ3) is 5.91. The summed E-state index contributed by atoms with van der Waals surface area (Å²) in [5.41, 5.74) is 2.70. The van der Waals surface area contributed by atoms with Gasteiger partial charge in [0.25, 0.3) is 0 Å². The molecular formula is C25H36N2O4+2. The van der Waals surface area contributed by atoms with Gasteiger partial charge in [-0.05, 0) is 41.3 Å². The van der Waals surface area contributed by atoms with E-state index >= 15 is 0 Å². The first-order valence-corrected chi connectivity index (χ1v) is 11.3. The van der Waals surface area contributed by atoms with Crippen LogP contribution in [0.4, 0.5) is 0 Å². The number of rotatable bonds is 7. The van der Waals surface area contributed by atoms with E-state index in [1.54, 1.807) is 4.90 Å². The number of hydrogen-bond donors (Lipinski definition) is 3. The van der Waals surface area contributed by atoms with Crippen molar-refractivity contribution in [2.45, 2.75) is 38.8 Å². The van der Waals surface area contributed by atoms with Crippen LogP contribution in [0.3, 0.4) is 0 Å². The average molecular weight is 429 g/mol. The quantitative estimate of drug-likeness (QED) is 0.599. The van der Waals surface area contributed by atoms with Crippen LogP contribution in [0.1, 0.15) is 31.9 Å². The molecule has 1 atom stereocenters. The zero-order valence-corrected chi connectivity index (χ0v) is 18.9. The Hall–Kier alpha value is -2.28. The number of ether oxygens (including phenoxy) is 3. The van der Waals surface area contributed by atoms with Crippen LogP contribution in [0.25, 0.3) is 0 Å². The van der Waals surface area contributed by atoms with Crippen LogP contribution >= 0.6 is 0 Å². The maximum atomic E-state index is 10.5. The molecule has 0 saturated carbocycles. The molecule has 0 spiro atoms. The molecule has 168 valence electrons. The minimum absolute atomic E-state index is 0.133. The van der Waals surface area contributed by atoms with Gasteiger partial charge in [-0.15, -0.1) is 0 Å². The summed E-state index contributed by atoms with van der Waals surface area (Å²) >= 11 is 0. The molecule has 2 aliphatic heterocycles. The van der Waals surface area contributed by atoms with Crippen molar-refractivity contribution in [1.29, 1.82) is 0 Å². The lowest BCUT2D eigenvalue weighted by Gasteiger charge is -2.30. The number of benzene rings is 2. The van der Waals surface area contributed by atoms with E-state index in [0.29, 0.717) is 13.4 Å². The summed E-state index contributed by atoms with van der Waals surface area (Å²) in [6, 6.07) is 14.4. The van der Waals surface area contributed by atoms with Gasteiger partial charge in [0.05, 0.1) is 0 Å². The van der Waals surface area contributed by atoms with Crippen molar-refractivity contribution in [3.05, 3.63) is 53.6 Å². The third-order valence-electron chi connectivity index (χ3n) is 6.24. The molecule has 0 aromatic heterocycles. The fourth-order valence-electron chi connectivity index (χ4n) is 4.31. The summed E-state index contributed by atoms with van der Waals surface area (Å²) < 4.78 is 16.7. The summed E-state index contributed by atoms with van der Waals surface area (Å²) in [5.74, 6) is 2.52. The molecule has 2 aliphatic rings. The molecule has 2 aromatic rings. The third-order valence-corrected chi connectivity index (χ3v) is 6.24. The van der Waals surface area contributed by atoms with Crippen LogP contribution in [0.2, 0.25) is 0 Å². The van der Waals surface area contributed by atoms with Gasteiger partial charge in [-0.25, -0.2) is 0 Å². The van der Waals surface area contributed by atoms with Crippen LogP contribution < -0.4 is 24.0 Å². The van der Waals surface area contributed by atoms with Gasteiger partial charge in [0.1, 0.15) is 57.7 Å². The molecule has 1 saturated heterocycles. The maximum absolute atomic E-state index is 10.5. The SMILES string of the molecule is CC(C)(C)c1ccc(OC[C@@H](O)C[NH+]2CC[NH+](Cc3ccc4c(c3)OCO4)CC2)cc1. The molecule has 3 N–H and O–H groups in total. The fraction of sp³-hybridized carbons (Fsp3) is 0.520. The van der Waals surface area contributed by atoms with Gasteiger partial charge >= 0.3 is 0 Å². The Balaban J connectivity index is 1.17. The zero-order chi connectivity index (χ0) is 21.8. The lowest BCUT2D eigenvalue weighted by molar-refractivity contribution is -1.02. The highest BCUT2D eigenvalue weighted by Crippen LogP contribution is 2.32. The number of quaternary nitrogens is 2. The van der Waals surface area contributed by atoms with E-state index in [4.69, 9.17) is 14.2 Å². The van der Waals surface area contributed by atoms with Gasteiger partial charge in [0.2, 0.25) is 6.79 Å². The van der Waals surface area contributed by atoms with E-state index in [-0.39, 0.29) is 5.41 Å². The largest absolute Gasteiger partial charge is 0.491 e. The number of aliphatic hydroxyl groups excluding tert-OH is 1. The molecule has 0 unspecified atom stereocenters. The number of hydrogen-bond acceptors (Lipinski definition) is 4. The van der Waals surface area contributed by atoms with Crippen molar-refractivity contribution in [1.82, 2.24) is 0 Å². The molecule has 0 radical (unpaired) electrons. The molecule has 2 aromatic carbocycles. The Morgan fingerprint density at radius 1 is 0.935 bits per heavy atom. The molecule has 1 fully saturated rings. The monoisotopic (exact) mass is 428 g/mol. The number of fused-ring (bicyclic) bond motifs is 1. The topological polar surface area (TPSA) is 56.8 Å². The second-order valence-corrected chi connectivity index (χ2v) is 9.81. The molecule has 4 rings (SSSR count). The number of piperazine rings is 1. The van der Waals surface area contributed by atoms with E-state index < -0.39 is 6.10 Å².